The first-order chi connectivity index (χ1) is 8.53. The fourth-order valence-electron chi connectivity index (χ4n) is 1.78. The molecular formula is C14H14O3S. The normalized spacial score (nSPS) is 16.4. The van der Waals surface area contributed by atoms with Gasteiger partial charge in [-0.15, -0.1) is 0 Å². The molecule has 0 saturated heterocycles. The van der Waals surface area contributed by atoms with Crippen molar-refractivity contribution in [3.05, 3.63) is 64.8 Å². The Morgan fingerprint density at radius 1 is 1.17 bits per heavy atom. The number of hydrogen-bond acceptors (Lipinski definition) is 3. The van der Waals surface area contributed by atoms with Crippen LogP contribution in [0.3, 0.4) is 0 Å². The second kappa shape index (κ2) is 4.82. The van der Waals surface area contributed by atoms with E-state index >= 15 is 0 Å². The van der Waals surface area contributed by atoms with Crippen molar-refractivity contribution >= 4 is 9.84 Å². The van der Waals surface area contributed by atoms with E-state index in [0.29, 0.717) is 12.0 Å². The first-order valence-electron chi connectivity index (χ1n) is 5.60. The minimum atomic E-state index is -3.58. The molecule has 2 rings (SSSR count). The van der Waals surface area contributed by atoms with E-state index in [4.69, 9.17) is 0 Å². The molecule has 0 aliphatic heterocycles. The van der Waals surface area contributed by atoms with Crippen LogP contribution in [0, 0.1) is 0 Å². The van der Waals surface area contributed by atoms with Crippen molar-refractivity contribution in [3.8, 4) is 0 Å². The van der Waals surface area contributed by atoms with Gasteiger partial charge in [0.2, 0.25) is 9.84 Å². The van der Waals surface area contributed by atoms with Crippen molar-refractivity contribution in [1.82, 2.24) is 0 Å². The summed E-state index contributed by atoms with van der Waals surface area (Å²) in [6.07, 6.45) is 5.40. The molecule has 0 radical (unpaired) electrons. The van der Waals surface area contributed by atoms with Gasteiger partial charge in [-0.25, -0.2) is 8.42 Å². The van der Waals surface area contributed by atoms with Crippen molar-refractivity contribution in [2.45, 2.75) is 18.2 Å². The zero-order valence-electron chi connectivity index (χ0n) is 10.00. The van der Waals surface area contributed by atoms with Crippen LogP contribution in [0.1, 0.15) is 13.3 Å². The van der Waals surface area contributed by atoms with Crippen molar-refractivity contribution < 1.29 is 13.5 Å². The summed E-state index contributed by atoms with van der Waals surface area (Å²) in [7, 11) is -3.58. The molecule has 94 valence electrons. The Balaban J connectivity index is 2.61. The average molecular weight is 262 g/mol. The van der Waals surface area contributed by atoms with E-state index in [0.717, 1.165) is 0 Å². The number of sulfone groups is 1. The highest BCUT2D eigenvalue weighted by atomic mass is 32.2. The third-order valence-electron chi connectivity index (χ3n) is 2.81. The Morgan fingerprint density at radius 2 is 1.83 bits per heavy atom. The minimum absolute atomic E-state index is 0.0227. The minimum Gasteiger partial charge on any atom is -0.508 e. The van der Waals surface area contributed by atoms with Crippen LogP contribution in [0.4, 0.5) is 0 Å². The molecule has 0 unspecified atom stereocenters. The summed E-state index contributed by atoms with van der Waals surface area (Å²) >= 11 is 0. The fourth-order valence-corrected chi connectivity index (χ4v) is 3.33. The Kier molecular flexibility index (Phi) is 3.39. The van der Waals surface area contributed by atoms with Gasteiger partial charge in [0.15, 0.2) is 0 Å². The molecule has 0 fully saturated rings. The van der Waals surface area contributed by atoms with Crippen molar-refractivity contribution in [2.75, 3.05) is 0 Å². The predicted molar refractivity (Wildman–Crippen MR) is 70.8 cm³/mol. The average Bonchev–Trinajstić information content (AvgIpc) is 2.54. The number of aliphatic hydroxyl groups excluding tert-OH is 1. The van der Waals surface area contributed by atoms with Gasteiger partial charge in [-0.3, -0.25) is 0 Å². The van der Waals surface area contributed by atoms with Crippen molar-refractivity contribution in [1.29, 1.82) is 0 Å². The number of rotatable bonds is 2. The lowest BCUT2D eigenvalue weighted by molar-refractivity contribution is 0.421. The smallest absolute Gasteiger partial charge is 0.206 e. The molecule has 1 aromatic rings. The van der Waals surface area contributed by atoms with Gasteiger partial charge in [0.05, 0.1) is 9.80 Å². The summed E-state index contributed by atoms with van der Waals surface area (Å²) in [5, 5.41) is 9.74. The highest BCUT2D eigenvalue weighted by Crippen LogP contribution is 2.27. The van der Waals surface area contributed by atoms with Gasteiger partial charge in [-0.2, -0.15) is 0 Å². The number of aliphatic hydroxyl groups is 1. The van der Waals surface area contributed by atoms with E-state index < -0.39 is 9.84 Å². The van der Waals surface area contributed by atoms with Gasteiger partial charge in [-0.1, -0.05) is 24.3 Å². The maximum Gasteiger partial charge on any atom is 0.206 e. The lowest BCUT2D eigenvalue weighted by Crippen LogP contribution is -2.06. The van der Waals surface area contributed by atoms with Crippen LogP contribution in [0.2, 0.25) is 0 Å². The van der Waals surface area contributed by atoms with Gasteiger partial charge in [0, 0.05) is 5.57 Å². The lowest BCUT2D eigenvalue weighted by Gasteiger charge is -2.08. The first-order valence-corrected chi connectivity index (χ1v) is 7.09. The first kappa shape index (κ1) is 12.6. The molecule has 0 heterocycles. The highest BCUT2D eigenvalue weighted by Gasteiger charge is 2.22. The van der Waals surface area contributed by atoms with Gasteiger partial charge in [0.25, 0.3) is 0 Å². The van der Waals surface area contributed by atoms with Crippen molar-refractivity contribution in [2.24, 2.45) is 0 Å². The maximum atomic E-state index is 12.4. The molecule has 0 spiro atoms. The number of hydrogen-bond donors (Lipinski definition) is 1. The fraction of sp³-hybridized carbons (Fsp3) is 0.143. The molecule has 0 saturated carbocycles. The Bertz CT molecular complexity index is 635. The van der Waals surface area contributed by atoms with Crippen LogP contribution in [0.15, 0.2) is 69.7 Å². The molecule has 4 heteroatoms. The standard InChI is InChI=1S/C14H14O3S/c1-11-13(15)9-5-6-10-14(11)18(16,17)12-7-3-2-4-8-12/h2-4,6-10,15H,5H2,1H3. The number of benzene rings is 1. The zero-order valence-corrected chi connectivity index (χ0v) is 10.8. The van der Waals surface area contributed by atoms with Gasteiger partial charge in [0.1, 0.15) is 5.76 Å². The molecule has 1 N–H and O–H groups in total. The largest absolute Gasteiger partial charge is 0.508 e. The van der Waals surface area contributed by atoms with E-state index in [1.54, 1.807) is 55.5 Å². The Morgan fingerprint density at radius 3 is 2.50 bits per heavy atom. The Hall–Kier alpha value is -1.81. The van der Waals surface area contributed by atoms with E-state index in [1.165, 1.54) is 0 Å². The molecule has 0 aromatic heterocycles. The molecule has 3 nitrogen and oxygen atoms in total. The van der Waals surface area contributed by atoms with Crippen LogP contribution >= 0.6 is 0 Å². The van der Waals surface area contributed by atoms with Crippen LogP contribution in [0.5, 0.6) is 0 Å². The molecule has 18 heavy (non-hydrogen) atoms. The molecule has 0 amide bonds. The third-order valence-corrected chi connectivity index (χ3v) is 4.73. The summed E-state index contributed by atoms with van der Waals surface area (Å²) in [5.74, 6) is 0.0227. The molecule has 0 atom stereocenters. The van der Waals surface area contributed by atoms with Crippen LogP contribution in [0.25, 0.3) is 0 Å². The molecular weight excluding hydrogens is 248 g/mol. The van der Waals surface area contributed by atoms with E-state index in [9.17, 15) is 13.5 Å². The van der Waals surface area contributed by atoms with Gasteiger partial charge >= 0.3 is 0 Å². The molecule has 1 aliphatic rings. The van der Waals surface area contributed by atoms with Gasteiger partial charge in [-0.05, 0) is 37.6 Å². The zero-order chi connectivity index (χ0) is 13.2. The second-order valence-corrected chi connectivity index (χ2v) is 5.95. The number of allylic oxidation sites excluding steroid dienone is 4. The van der Waals surface area contributed by atoms with Crippen molar-refractivity contribution in [3.63, 3.8) is 0 Å². The van der Waals surface area contributed by atoms with Crippen LogP contribution < -0.4 is 0 Å². The summed E-state index contributed by atoms with van der Waals surface area (Å²) in [4.78, 5) is 0.388. The quantitative estimate of drug-likeness (QED) is 0.890. The third kappa shape index (κ3) is 2.24. The lowest BCUT2D eigenvalue weighted by atomic mass is 10.2. The monoisotopic (exact) mass is 262 g/mol. The van der Waals surface area contributed by atoms with E-state index in [-0.39, 0.29) is 15.6 Å². The van der Waals surface area contributed by atoms with Gasteiger partial charge < -0.3 is 5.11 Å². The van der Waals surface area contributed by atoms with Crippen LogP contribution in [-0.4, -0.2) is 13.5 Å². The van der Waals surface area contributed by atoms with E-state index in [2.05, 4.69) is 0 Å². The Labute approximate surface area is 107 Å². The maximum absolute atomic E-state index is 12.4. The highest BCUT2D eigenvalue weighted by molar-refractivity contribution is 7.95. The summed E-state index contributed by atoms with van der Waals surface area (Å²) in [6, 6.07) is 8.22. The SMILES string of the molecule is CC1=C(S(=O)(=O)c2ccccc2)C=CCC=C1O. The second-order valence-electron chi connectivity index (χ2n) is 4.03. The molecule has 1 aromatic carbocycles. The van der Waals surface area contributed by atoms with Crippen LogP contribution in [-0.2, 0) is 9.84 Å². The molecule has 1 aliphatic carbocycles. The topological polar surface area (TPSA) is 54.4 Å². The predicted octanol–water partition coefficient (Wildman–Crippen LogP) is 3.14. The summed E-state index contributed by atoms with van der Waals surface area (Å²) < 4.78 is 24.9. The summed E-state index contributed by atoms with van der Waals surface area (Å²) in [6.45, 7) is 1.61. The van der Waals surface area contributed by atoms with E-state index in [1.807, 2.05) is 0 Å². The summed E-state index contributed by atoms with van der Waals surface area (Å²) in [5.41, 5.74) is 0.382. The molecule has 0 bridgehead atoms.